The minimum absolute atomic E-state index is 0.0613. The van der Waals surface area contributed by atoms with Crippen LogP contribution < -0.4 is 4.90 Å². The maximum atomic E-state index is 13.1. The number of carbonyl (C=O) groups is 2. The van der Waals surface area contributed by atoms with E-state index in [9.17, 15) is 9.59 Å². The van der Waals surface area contributed by atoms with Crippen LogP contribution in [0.25, 0.3) is 28.0 Å². The molecule has 0 saturated carbocycles. The Kier molecular flexibility index (Phi) is 4.04. The van der Waals surface area contributed by atoms with Gasteiger partial charge in [0.25, 0.3) is 0 Å². The van der Waals surface area contributed by atoms with Gasteiger partial charge >= 0.3 is 221 Å². The van der Waals surface area contributed by atoms with Crippen LogP contribution in [0, 0.1) is 0 Å². The van der Waals surface area contributed by atoms with Gasteiger partial charge in [-0.2, -0.15) is 0 Å². The molecule has 1 aromatic heterocycles. The SMILES string of the molecule is CC1(C)c2cc(C=C3C(=O)c4ccccc4C3=O)[se]c2N2c3c(cccc31)-c1cccc3cccc2c13. The number of anilines is 3. The molecular formula is C33H21NO2Se. The topological polar surface area (TPSA) is 37.4 Å². The predicted octanol–water partition coefficient (Wildman–Crippen LogP) is 7.45. The van der Waals surface area contributed by atoms with Crippen molar-refractivity contribution >= 4 is 58.9 Å². The van der Waals surface area contributed by atoms with Gasteiger partial charge in [0.1, 0.15) is 0 Å². The number of carbonyl (C=O) groups excluding carboxylic acids is 2. The number of para-hydroxylation sites is 1. The number of hydrogen-bond donors (Lipinski definition) is 0. The van der Waals surface area contributed by atoms with Crippen molar-refractivity contribution in [3.63, 3.8) is 0 Å². The molecule has 0 radical (unpaired) electrons. The third-order valence-corrected chi connectivity index (χ3v) is 10.4. The molecule has 1 aliphatic carbocycles. The summed E-state index contributed by atoms with van der Waals surface area (Å²) in [4.78, 5) is 28.7. The molecule has 37 heavy (non-hydrogen) atoms. The number of rotatable bonds is 1. The number of allylic oxidation sites excluding steroid dienone is 1. The van der Waals surface area contributed by atoms with Crippen LogP contribution in [-0.2, 0) is 5.41 Å². The molecule has 5 aromatic rings. The van der Waals surface area contributed by atoms with E-state index in [-0.39, 0.29) is 37.1 Å². The normalized spacial score (nSPS) is 16.1. The standard InChI is InChI=1S/C33H21NO2Se/c1-33(2)25-14-7-13-21-20-12-5-8-18-9-6-15-27(28(18)20)34(29(21)25)32-26(33)17-19(37-32)16-24-30(35)22-10-3-4-11-23(22)31(24)36/h3-17H,1-2H3. The van der Waals surface area contributed by atoms with Crippen molar-refractivity contribution in [1.82, 2.24) is 0 Å². The Bertz CT molecular complexity index is 1860. The summed E-state index contributed by atoms with van der Waals surface area (Å²) in [5.41, 5.74) is 8.71. The van der Waals surface area contributed by atoms with E-state index in [0.29, 0.717) is 11.1 Å². The van der Waals surface area contributed by atoms with Crippen LogP contribution in [0.2, 0.25) is 0 Å². The Morgan fingerprint density at radius 2 is 1.38 bits per heavy atom. The van der Waals surface area contributed by atoms with Gasteiger partial charge in [0.05, 0.1) is 0 Å². The van der Waals surface area contributed by atoms with E-state index >= 15 is 0 Å². The van der Waals surface area contributed by atoms with E-state index in [1.165, 1.54) is 49.0 Å². The molecule has 3 heterocycles. The second-order valence-electron chi connectivity index (χ2n) is 10.5. The first-order chi connectivity index (χ1) is 17.9. The fraction of sp³-hybridized carbons (Fsp3) is 0.0909. The Morgan fingerprint density at radius 1 is 0.730 bits per heavy atom. The Balaban J connectivity index is 1.39. The molecule has 0 atom stereocenters. The molecule has 0 unspecified atom stereocenters. The molecule has 8 rings (SSSR count). The van der Waals surface area contributed by atoms with Gasteiger partial charge in [-0.05, 0) is 0 Å². The maximum absolute atomic E-state index is 13.1. The molecule has 0 amide bonds. The zero-order valence-electron chi connectivity index (χ0n) is 20.3. The van der Waals surface area contributed by atoms with E-state index in [2.05, 4.69) is 79.4 Å². The van der Waals surface area contributed by atoms with E-state index in [1.54, 1.807) is 12.1 Å². The molecular weight excluding hydrogens is 521 g/mol. The van der Waals surface area contributed by atoms with Crippen molar-refractivity contribution in [2.24, 2.45) is 0 Å². The van der Waals surface area contributed by atoms with E-state index in [0.717, 1.165) is 4.44 Å². The molecule has 0 spiro atoms. The second-order valence-corrected chi connectivity index (χ2v) is 12.7. The van der Waals surface area contributed by atoms with Gasteiger partial charge in [-0.1, -0.05) is 0 Å². The van der Waals surface area contributed by atoms with E-state index in [4.69, 9.17) is 0 Å². The zero-order chi connectivity index (χ0) is 25.1. The van der Waals surface area contributed by atoms with Gasteiger partial charge in [0, 0.05) is 0 Å². The van der Waals surface area contributed by atoms with Gasteiger partial charge in [-0.3, -0.25) is 0 Å². The molecule has 0 fully saturated rings. The fourth-order valence-corrected chi connectivity index (χ4v) is 9.03. The third-order valence-electron chi connectivity index (χ3n) is 8.15. The first-order valence-electron chi connectivity index (χ1n) is 12.5. The van der Waals surface area contributed by atoms with Crippen molar-refractivity contribution < 1.29 is 9.59 Å². The van der Waals surface area contributed by atoms with Crippen LogP contribution >= 0.6 is 0 Å². The first-order valence-corrected chi connectivity index (χ1v) is 14.2. The second kappa shape index (κ2) is 7.07. The molecule has 3 nitrogen and oxygen atoms in total. The predicted molar refractivity (Wildman–Crippen MR) is 150 cm³/mol. The van der Waals surface area contributed by atoms with Crippen molar-refractivity contribution in [2.75, 3.05) is 4.90 Å². The first kappa shape index (κ1) is 21.1. The zero-order valence-corrected chi connectivity index (χ0v) is 22.0. The fourth-order valence-electron chi connectivity index (χ4n) is 6.35. The monoisotopic (exact) mass is 543 g/mol. The Morgan fingerprint density at radius 3 is 2.14 bits per heavy atom. The van der Waals surface area contributed by atoms with Crippen LogP contribution in [0.1, 0.15) is 50.1 Å². The van der Waals surface area contributed by atoms with Crippen LogP contribution in [0.4, 0.5) is 15.9 Å². The summed E-state index contributed by atoms with van der Waals surface area (Å²) in [6, 6.07) is 29.2. The summed E-state index contributed by atoms with van der Waals surface area (Å²) in [5, 5.41) is 2.51. The van der Waals surface area contributed by atoms with Gasteiger partial charge < -0.3 is 0 Å². The Hall–Kier alpha value is -3.98. The average molecular weight is 542 g/mol. The van der Waals surface area contributed by atoms with Crippen molar-refractivity contribution in [3.05, 3.63) is 117 Å². The van der Waals surface area contributed by atoms with Crippen LogP contribution in [0.3, 0.4) is 0 Å². The summed E-state index contributed by atoms with van der Waals surface area (Å²) in [6.45, 7) is 4.58. The summed E-state index contributed by atoms with van der Waals surface area (Å²) < 4.78 is 2.36. The third kappa shape index (κ3) is 2.62. The number of hydrogen-bond acceptors (Lipinski definition) is 3. The average Bonchev–Trinajstić information content (AvgIpc) is 3.45. The van der Waals surface area contributed by atoms with Crippen LogP contribution in [0.5, 0.6) is 0 Å². The molecule has 0 saturated heterocycles. The summed E-state index contributed by atoms with van der Waals surface area (Å²) in [6.07, 6.45) is 1.86. The molecule has 4 aromatic carbocycles. The van der Waals surface area contributed by atoms with E-state index in [1.807, 2.05) is 18.2 Å². The number of ketones is 2. The summed E-state index contributed by atoms with van der Waals surface area (Å²) in [7, 11) is 0. The quantitative estimate of drug-likeness (QED) is 0.123. The molecule has 2 aliphatic heterocycles. The van der Waals surface area contributed by atoms with E-state index < -0.39 is 0 Å². The number of Topliss-reactive ketones (excluding diaryl/α,β-unsaturated/α-hetero) is 2. The van der Waals surface area contributed by atoms with Gasteiger partial charge in [-0.25, -0.2) is 0 Å². The molecule has 3 aliphatic rings. The summed E-state index contributed by atoms with van der Waals surface area (Å²) >= 11 is -0.0613. The van der Waals surface area contributed by atoms with Crippen LogP contribution in [0.15, 0.2) is 90.5 Å². The Labute approximate surface area is 220 Å². The van der Waals surface area contributed by atoms with Gasteiger partial charge in [0.2, 0.25) is 0 Å². The number of nitrogens with zero attached hydrogens (tertiary/aromatic N) is 1. The van der Waals surface area contributed by atoms with Crippen molar-refractivity contribution in [2.45, 2.75) is 19.3 Å². The molecule has 176 valence electrons. The van der Waals surface area contributed by atoms with Crippen LogP contribution in [-0.4, -0.2) is 26.1 Å². The molecule has 4 heteroatoms. The minimum atomic E-state index is -0.202. The van der Waals surface area contributed by atoms with Crippen molar-refractivity contribution in [1.29, 1.82) is 0 Å². The molecule has 0 bridgehead atoms. The van der Waals surface area contributed by atoms with Gasteiger partial charge in [-0.15, -0.1) is 0 Å². The number of benzene rings is 4. The number of fused-ring (bicyclic) bond motifs is 5. The summed E-state index contributed by atoms with van der Waals surface area (Å²) in [5.74, 6) is -0.327. The van der Waals surface area contributed by atoms with Gasteiger partial charge in [0.15, 0.2) is 0 Å². The van der Waals surface area contributed by atoms with Crippen molar-refractivity contribution in [3.8, 4) is 11.1 Å². The molecule has 0 N–H and O–H groups in total.